The molecule has 4 aromatic heterocycles. The fourth-order valence-electron chi connectivity index (χ4n) is 5.43. The summed E-state index contributed by atoms with van der Waals surface area (Å²) in [7, 11) is -4.89. The SMILES string of the molecule is Cc1ccnc(-c2cc(C(=O)NC(CS(=O)(=O)[O-])C(=O)NCCCCC(=O)ON3C(=O)CCC3=O)ccn2)c1.[Ir].[c-]1ccccc1-n1cccn1.[c-]1ccccc1-n1cccn1. The minimum atomic E-state index is -4.89. The number of benzene rings is 2. The first kappa shape index (κ1) is 47.9. The predicted molar refractivity (Wildman–Crippen MR) is 217 cm³/mol. The van der Waals surface area contributed by atoms with Gasteiger partial charge in [-0.05, 0) is 73.1 Å². The summed E-state index contributed by atoms with van der Waals surface area (Å²) in [6.07, 6.45) is 10.5. The Morgan fingerprint density at radius 3 is 1.90 bits per heavy atom. The summed E-state index contributed by atoms with van der Waals surface area (Å²) in [6.45, 7) is 1.84. The number of aromatic nitrogens is 6. The summed E-state index contributed by atoms with van der Waals surface area (Å²) in [5.74, 6) is -4.89. The molecular formula is C42H40IrN9O9S-3. The predicted octanol–water partition coefficient (Wildman–Crippen LogP) is 3.33. The van der Waals surface area contributed by atoms with Gasteiger partial charge in [0.2, 0.25) is 5.91 Å². The average Bonchev–Trinajstić information content (AvgIpc) is 4.06. The molecule has 20 heteroatoms. The van der Waals surface area contributed by atoms with Gasteiger partial charge in [-0.1, -0.05) is 0 Å². The molecule has 2 N–H and O–H groups in total. The van der Waals surface area contributed by atoms with Crippen molar-refractivity contribution in [1.82, 2.24) is 45.2 Å². The van der Waals surface area contributed by atoms with Crippen LogP contribution in [0.15, 0.2) is 122 Å². The Bertz CT molecular complexity index is 2410. The number of pyridine rings is 2. The second-order valence-electron chi connectivity index (χ2n) is 13.1. The largest absolute Gasteiger partial charge is 0.748 e. The molecule has 1 atom stereocenters. The van der Waals surface area contributed by atoms with Gasteiger partial charge < -0.3 is 20.0 Å². The second-order valence-corrected chi connectivity index (χ2v) is 14.5. The molecule has 1 aliphatic rings. The fraction of sp³-hybridized carbons (Fsp3) is 0.214. The molecule has 0 bridgehead atoms. The molecular weight excluding hydrogens is 999 g/mol. The summed E-state index contributed by atoms with van der Waals surface area (Å²) in [6, 6.07) is 30.1. The summed E-state index contributed by atoms with van der Waals surface area (Å²) >= 11 is 0. The van der Waals surface area contributed by atoms with E-state index in [2.05, 4.69) is 42.9 Å². The van der Waals surface area contributed by atoms with Crippen LogP contribution in [0.1, 0.15) is 48.0 Å². The molecule has 0 saturated carbocycles. The topological polar surface area (TPSA) is 240 Å². The Morgan fingerprint density at radius 1 is 0.806 bits per heavy atom. The van der Waals surface area contributed by atoms with Gasteiger partial charge in [0.1, 0.15) is 6.04 Å². The van der Waals surface area contributed by atoms with Gasteiger partial charge in [0.15, 0.2) is 0 Å². The van der Waals surface area contributed by atoms with Crippen molar-refractivity contribution in [3.05, 3.63) is 145 Å². The molecule has 62 heavy (non-hydrogen) atoms. The van der Waals surface area contributed by atoms with Crippen molar-refractivity contribution < 1.29 is 61.9 Å². The van der Waals surface area contributed by atoms with Gasteiger partial charge in [-0.3, -0.25) is 38.5 Å². The van der Waals surface area contributed by atoms with Crippen LogP contribution in [0.2, 0.25) is 0 Å². The number of rotatable bonds is 14. The smallest absolute Gasteiger partial charge is 0.333 e. The molecule has 6 aromatic rings. The molecule has 325 valence electrons. The fourth-order valence-corrected chi connectivity index (χ4v) is 6.07. The van der Waals surface area contributed by atoms with E-state index in [1.54, 1.807) is 40.1 Å². The summed E-state index contributed by atoms with van der Waals surface area (Å²) in [5.41, 5.74) is 3.81. The number of amides is 4. The zero-order valence-corrected chi connectivity index (χ0v) is 36.3. The third-order valence-electron chi connectivity index (χ3n) is 8.39. The van der Waals surface area contributed by atoms with Crippen LogP contribution >= 0.6 is 0 Å². The standard InChI is InChI=1S/C24H27N5O9S.2C9H7N2.Ir/c1-15-7-10-25-17(12-15)18-13-16(8-11-26-18)23(33)28-19(14-39(35,36)37)24(34)27-9-3-2-4-22(32)38-29-20(30)5-6-21(29)31;2*1-2-5-9(6-3-1)11-8-4-7-10-11;/h7-8,10-13,19H,2-6,9,14H2,1H3,(H,27,34)(H,28,33)(H,35,36,37);2*1-5,7-8H;/q;2*-1;/p-1. The molecule has 7 rings (SSSR count). The van der Waals surface area contributed by atoms with Crippen molar-refractivity contribution in [3.8, 4) is 22.8 Å². The Hall–Kier alpha value is -6.73. The van der Waals surface area contributed by atoms with Gasteiger partial charge in [0.25, 0.3) is 17.7 Å². The van der Waals surface area contributed by atoms with Gasteiger partial charge in [-0.25, -0.2) is 13.2 Å². The maximum atomic E-state index is 12.8. The Kier molecular flexibility index (Phi) is 18.5. The van der Waals surface area contributed by atoms with Crippen molar-refractivity contribution in [3.63, 3.8) is 0 Å². The number of carbonyl (C=O) groups is 5. The third-order valence-corrected chi connectivity index (χ3v) is 9.13. The van der Waals surface area contributed by atoms with Crippen molar-refractivity contribution in [2.75, 3.05) is 12.3 Å². The summed E-state index contributed by atoms with van der Waals surface area (Å²) in [4.78, 5) is 73.3. The number of nitrogens with one attached hydrogen (secondary N) is 2. The van der Waals surface area contributed by atoms with Crippen LogP contribution in [-0.2, 0) is 54.2 Å². The quantitative estimate of drug-likeness (QED) is 0.0690. The number of carbonyl (C=O) groups excluding carboxylic acids is 5. The molecule has 1 saturated heterocycles. The van der Waals surface area contributed by atoms with E-state index in [4.69, 9.17) is 4.84 Å². The van der Waals surface area contributed by atoms with E-state index >= 15 is 0 Å². The van der Waals surface area contributed by atoms with Gasteiger partial charge in [-0.2, -0.15) is 58.7 Å². The molecule has 1 fully saturated rings. The molecule has 18 nitrogen and oxygen atoms in total. The molecule has 0 spiro atoms. The van der Waals surface area contributed by atoms with E-state index in [1.165, 1.54) is 18.3 Å². The summed E-state index contributed by atoms with van der Waals surface area (Å²) < 4.78 is 37.7. The normalized spacial score (nSPS) is 12.4. The van der Waals surface area contributed by atoms with E-state index < -0.39 is 51.5 Å². The van der Waals surface area contributed by atoms with Crippen molar-refractivity contribution in [2.45, 2.75) is 45.1 Å². The number of hydroxylamine groups is 2. The number of para-hydroxylation sites is 2. The van der Waals surface area contributed by atoms with Gasteiger partial charge in [0.05, 0.1) is 27.3 Å². The van der Waals surface area contributed by atoms with Crippen LogP contribution in [-0.4, -0.2) is 95.5 Å². The first-order valence-corrected chi connectivity index (χ1v) is 20.4. The first-order chi connectivity index (χ1) is 29.4. The number of hydrogen-bond acceptors (Lipinski definition) is 13. The molecule has 4 amide bonds. The zero-order valence-electron chi connectivity index (χ0n) is 33.1. The Labute approximate surface area is 370 Å². The van der Waals surface area contributed by atoms with E-state index in [9.17, 15) is 36.9 Å². The minimum absolute atomic E-state index is 0. The van der Waals surface area contributed by atoms with Gasteiger partial charge in [0, 0.05) is 88.7 Å². The minimum Gasteiger partial charge on any atom is -0.748 e. The summed E-state index contributed by atoms with van der Waals surface area (Å²) in [5, 5.41) is 13.3. The maximum Gasteiger partial charge on any atom is 0.333 e. The molecule has 0 aliphatic carbocycles. The monoisotopic (exact) mass is 1040 g/mol. The second kappa shape index (κ2) is 23.9. The van der Waals surface area contributed by atoms with Crippen LogP contribution < -0.4 is 10.6 Å². The van der Waals surface area contributed by atoms with Crippen LogP contribution in [0, 0.1) is 19.1 Å². The van der Waals surface area contributed by atoms with Gasteiger partial charge in [-0.15, -0.1) is 17.2 Å². The molecule has 1 unspecified atom stereocenters. The molecule has 1 radical (unpaired) electrons. The number of imide groups is 1. The number of aryl methyl sites for hydroxylation is 1. The van der Waals surface area contributed by atoms with Gasteiger partial charge >= 0.3 is 5.97 Å². The van der Waals surface area contributed by atoms with E-state index in [-0.39, 0.29) is 64.3 Å². The van der Waals surface area contributed by atoms with Crippen LogP contribution in [0.25, 0.3) is 22.8 Å². The molecule has 5 heterocycles. The van der Waals surface area contributed by atoms with E-state index in [1.807, 2.05) is 80.0 Å². The Morgan fingerprint density at radius 2 is 1.39 bits per heavy atom. The first-order valence-electron chi connectivity index (χ1n) is 18.8. The molecule has 1 aliphatic heterocycles. The number of nitrogens with zero attached hydrogens (tertiary/aromatic N) is 7. The third kappa shape index (κ3) is 15.4. The van der Waals surface area contributed by atoms with Crippen LogP contribution in [0.3, 0.4) is 0 Å². The zero-order chi connectivity index (χ0) is 43.6. The average molecular weight is 1040 g/mol. The van der Waals surface area contributed by atoms with E-state index in [0.717, 1.165) is 16.9 Å². The maximum absolute atomic E-state index is 12.8. The van der Waals surface area contributed by atoms with Crippen LogP contribution in [0.4, 0.5) is 0 Å². The van der Waals surface area contributed by atoms with Crippen LogP contribution in [0.5, 0.6) is 0 Å². The van der Waals surface area contributed by atoms with E-state index in [0.29, 0.717) is 16.5 Å². The van der Waals surface area contributed by atoms with Crippen molar-refractivity contribution in [1.29, 1.82) is 0 Å². The Balaban J connectivity index is 0.000000293. The van der Waals surface area contributed by atoms with Crippen molar-refractivity contribution in [2.24, 2.45) is 0 Å². The number of hydrogen-bond donors (Lipinski definition) is 2. The van der Waals surface area contributed by atoms with Crippen molar-refractivity contribution >= 4 is 39.7 Å². The molecule has 2 aromatic carbocycles. The number of unbranched alkanes of at least 4 members (excludes halogenated alkanes) is 1.